The monoisotopic (exact) mass is 227 g/mol. The Morgan fingerprint density at radius 1 is 1.73 bits per heavy atom. The lowest BCUT2D eigenvalue weighted by Crippen LogP contribution is -2.27. The second-order valence-corrected chi connectivity index (χ2v) is 3.15. The van der Waals surface area contributed by atoms with Gasteiger partial charge < -0.3 is 15.0 Å². The molecule has 1 rings (SSSR count). The van der Waals surface area contributed by atoms with Crippen LogP contribution >= 0.6 is 12.2 Å². The average Bonchev–Trinajstić information content (AvgIpc) is 2.25. The number of ether oxygens (including phenoxy) is 1. The van der Waals surface area contributed by atoms with Gasteiger partial charge in [0.25, 0.3) is 5.91 Å². The smallest absolute Gasteiger partial charge is 0.254 e. The summed E-state index contributed by atoms with van der Waals surface area (Å²) in [5.41, 5.74) is 0.458. The summed E-state index contributed by atoms with van der Waals surface area (Å²) in [5.74, 6) is -0.187. The number of nitrogens with zero attached hydrogens (tertiary/aromatic N) is 1. The van der Waals surface area contributed by atoms with Crippen LogP contribution < -0.4 is 5.32 Å². The molecule has 0 bridgehead atoms. The van der Waals surface area contributed by atoms with Crippen molar-refractivity contribution in [2.75, 3.05) is 19.8 Å². The van der Waals surface area contributed by atoms with Crippen molar-refractivity contribution in [1.29, 1.82) is 0 Å². The van der Waals surface area contributed by atoms with Gasteiger partial charge in [-0.1, -0.05) is 0 Å². The molecule has 0 radical (unpaired) electrons. The first-order valence-electron chi connectivity index (χ1n) is 4.64. The highest BCUT2D eigenvalue weighted by Gasteiger charge is 2.03. The molecule has 0 saturated heterocycles. The molecule has 0 aromatic carbocycles. The molecule has 1 aromatic heterocycles. The highest BCUT2D eigenvalue weighted by Crippen LogP contribution is 1.92. The largest absolute Gasteiger partial charge is 0.380 e. The van der Waals surface area contributed by atoms with Crippen LogP contribution in [0.3, 0.4) is 0 Å². The Labute approximate surface area is 92.9 Å². The predicted molar refractivity (Wildman–Crippen MR) is 58.2 cm³/mol. The van der Waals surface area contributed by atoms with Crippen molar-refractivity contribution in [2.24, 2.45) is 0 Å². The number of hydrogen-bond donors (Lipinski definition) is 2. The number of carbonyl (C=O) groups is 1. The zero-order valence-electron chi connectivity index (χ0n) is 8.45. The van der Waals surface area contributed by atoms with E-state index in [0.29, 0.717) is 30.1 Å². The van der Waals surface area contributed by atoms with Crippen LogP contribution in [0.2, 0.25) is 0 Å². The lowest BCUT2D eigenvalue weighted by molar-refractivity contribution is 0.0922. The van der Waals surface area contributed by atoms with E-state index < -0.39 is 0 Å². The first-order valence-corrected chi connectivity index (χ1v) is 5.05. The van der Waals surface area contributed by atoms with Crippen molar-refractivity contribution in [3.8, 4) is 0 Å². The van der Waals surface area contributed by atoms with Gasteiger partial charge >= 0.3 is 0 Å². The number of amides is 1. The Bertz CT molecular complexity index is 357. The maximum atomic E-state index is 11.5. The van der Waals surface area contributed by atoms with Crippen molar-refractivity contribution in [1.82, 2.24) is 15.3 Å². The van der Waals surface area contributed by atoms with Gasteiger partial charge in [0.2, 0.25) is 0 Å². The molecule has 0 fully saturated rings. The van der Waals surface area contributed by atoms with Crippen molar-refractivity contribution in [3.63, 3.8) is 0 Å². The van der Waals surface area contributed by atoms with Crippen LogP contribution in [0.1, 0.15) is 17.3 Å². The van der Waals surface area contributed by atoms with Gasteiger partial charge in [-0.05, 0) is 19.1 Å². The summed E-state index contributed by atoms with van der Waals surface area (Å²) < 4.78 is 5.45. The molecule has 0 aliphatic carbocycles. The Hall–Kier alpha value is -1.27. The van der Waals surface area contributed by atoms with Gasteiger partial charge in [-0.2, -0.15) is 0 Å². The third kappa shape index (κ3) is 4.18. The van der Waals surface area contributed by atoms with Gasteiger partial charge in [-0.15, -0.1) is 0 Å². The number of rotatable bonds is 5. The molecule has 82 valence electrons. The molecule has 1 aromatic rings. The summed E-state index contributed by atoms with van der Waals surface area (Å²) in [6.07, 6.45) is 2.97. The molecule has 0 aliphatic heterocycles. The summed E-state index contributed by atoms with van der Waals surface area (Å²) in [4.78, 5) is 18.0. The molecule has 0 saturated carbocycles. The second-order valence-electron chi connectivity index (χ2n) is 2.76. The third-order valence-corrected chi connectivity index (χ3v) is 1.89. The SMILES string of the molecule is CCOCCNC(=O)c1cnc(=S)[nH]c1. The first-order chi connectivity index (χ1) is 7.24. The summed E-state index contributed by atoms with van der Waals surface area (Å²) in [6, 6.07) is 0. The lowest BCUT2D eigenvalue weighted by Gasteiger charge is -2.04. The van der Waals surface area contributed by atoms with Crippen LogP contribution in [-0.2, 0) is 4.74 Å². The molecule has 2 N–H and O–H groups in total. The predicted octanol–water partition coefficient (Wildman–Crippen LogP) is 0.905. The minimum Gasteiger partial charge on any atom is -0.380 e. The quantitative estimate of drug-likeness (QED) is 0.579. The zero-order valence-corrected chi connectivity index (χ0v) is 9.26. The maximum Gasteiger partial charge on any atom is 0.254 e. The van der Waals surface area contributed by atoms with E-state index in [9.17, 15) is 4.79 Å². The maximum absolute atomic E-state index is 11.5. The van der Waals surface area contributed by atoms with Crippen molar-refractivity contribution in [2.45, 2.75) is 6.92 Å². The van der Waals surface area contributed by atoms with E-state index in [2.05, 4.69) is 15.3 Å². The van der Waals surface area contributed by atoms with Gasteiger partial charge in [0.1, 0.15) is 0 Å². The fourth-order valence-electron chi connectivity index (χ4n) is 0.949. The molecule has 0 spiro atoms. The number of hydrogen-bond acceptors (Lipinski definition) is 4. The van der Waals surface area contributed by atoms with E-state index in [4.69, 9.17) is 17.0 Å². The van der Waals surface area contributed by atoms with Gasteiger partial charge in [0, 0.05) is 25.5 Å². The van der Waals surface area contributed by atoms with Crippen LogP contribution in [0.4, 0.5) is 0 Å². The van der Waals surface area contributed by atoms with E-state index >= 15 is 0 Å². The van der Waals surface area contributed by atoms with Crippen molar-refractivity contribution >= 4 is 18.1 Å². The molecule has 0 atom stereocenters. The highest BCUT2D eigenvalue weighted by molar-refractivity contribution is 7.71. The van der Waals surface area contributed by atoms with Crippen LogP contribution in [0.15, 0.2) is 12.4 Å². The molecule has 5 nitrogen and oxygen atoms in total. The van der Waals surface area contributed by atoms with E-state index in [1.165, 1.54) is 12.4 Å². The Morgan fingerprint density at radius 3 is 3.13 bits per heavy atom. The molecule has 0 aliphatic rings. The van der Waals surface area contributed by atoms with Gasteiger partial charge in [-0.3, -0.25) is 4.79 Å². The number of aromatic amines is 1. The second kappa shape index (κ2) is 6.26. The normalized spacial score (nSPS) is 9.93. The van der Waals surface area contributed by atoms with Crippen LogP contribution in [0.5, 0.6) is 0 Å². The average molecular weight is 227 g/mol. The lowest BCUT2D eigenvalue weighted by atomic mass is 10.3. The summed E-state index contributed by atoms with van der Waals surface area (Å²) in [7, 11) is 0. The molecule has 0 unspecified atom stereocenters. The Kier molecular flexibility index (Phi) is 4.92. The van der Waals surface area contributed by atoms with E-state index in [1.54, 1.807) is 0 Å². The zero-order chi connectivity index (χ0) is 11.1. The van der Waals surface area contributed by atoms with Crippen LogP contribution in [0.25, 0.3) is 0 Å². The molecule has 6 heteroatoms. The van der Waals surface area contributed by atoms with E-state index in [-0.39, 0.29) is 5.91 Å². The minimum atomic E-state index is -0.187. The van der Waals surface area contributed by atoms with Crippen molar-refractivity contribution < 1.29 is 9.53 Å². The fraction of sp³-hybridized carbons (Fsp3) is 0.444. The number of carbonyl (C=O) groups excluding carboxylic acids is 1. The molecular weight excluding hydrogens is 214 g/mol. The Morgan fingerprint density at radius 2 is 2.53 bits per heavy atom. The topological polar surface area (TPSA) is 67.0 Å². The summed E-state index contributed by atoms with van der Waals surface area (Å²) in [6.45, 7) is 3.56. The molecular formula is C9H13N3O2S. The number of nitrogens with one attached hydrogen (secondary N) is 2. The highest BCUT2D eigenvalue weighted by atomic mass is 32.1. The van der Waals surface area contributed by atoms with Gasteiger partial charge in [0.05, 0.1) is 12.2 Å². The summed E-state index contributed by atoms with van der Waals surface area (Å²) >= 11 is 4.76. The minimum absolute atomic E-state index is 0.187. The third-order valence-electron chi connectivity index (χ3n) is 1.67. The standard InChI is InChI=1S/C9H13N3O2S/c1-2-14-4-3-10-8(13)7-5-11-9(15)12-6-7/h5-6H,2-4H2,1H3,(H,10,13)(H,11,12,15). The molecule has 1 amide bonds. The molecule has 1 heterocycles. The van der Waals surface area contributed by atoms with Gasteiger partial charge in [0.15, 0.2) is 4.77 Å². The number of H-pyrrole nitrogens is 1. The van der Waals surface area contributed by atoms with E-state index in [0.717, 1.165) is 0 Å². The Balaban J connectivity index is 2.40. The van der Waals surface area contributed by atoms with Gasteiger partial charge in [-0.25, -0.2) is 4.98 Å². The molecule has 15 heavy (non-hydrogen) atoms. The first kappa shape index (κ1) is 11.8. The van der Waals surface area contributed by atoms with Crippen LogP contribution in [0, 0.1) is 4.77 Å². The van der Waals surface area contributed by atoms with Crippen LogP contribution in [-0.4, -0.2) is 35.6 Å². The van der Waals surface area contributed by atoms with Crippen molar-refractivity contribution in [3.05, 3.63) is 22.7 Å². The summed E-state index contributed by atoms with van der Waals surface area (Å²) in [5, 5.41) is 2.70. The fourth-order valence-corrected chi connectivity index (χ4v) is 1.06. The van der Waals surface area contributed by atoms with E-state index in [1.807, 2.05) is 6.92 Å². The number of aromatic nitrogens is 2.